The molecule has 2 aromatic rings. The van der Waals surface area contributed by atoms with Crippen LogP contribution in [0.5, 0.6) is 0 Å². The fourth-order valence-electron chi connectivity index (χ4n) is 2.69. The molecule has 2 atom stereocenters. The van der Waals surface area contributed by atoms with Crippen LogP contribution in [0.15, 0.2) is 28.9 Å². The van der Waals surface area contributed by atoms with Gasteiger partial charge in [0.15, 0.2) is 0 Å². The molecular formula is C16H19NO2S. The SMILES string of the molecule is C[C@@H]1CCc2sc(C(=O)N[C@@H](C)c3ccco3)cc2C1. The summed E-state index contributed by atoms with van der Waals surface area (Å²) in [6, 6.07) is 5.69. The Bertz CT molecular complexity index is 600. The lowest BCUT2D eigenvalue weighted by Gasteiger charge is -2.16. The first kappa shape index (κ1) is 13.4. The topological polar surface area (TPSA) is 42.2 Å². The molecule has 0 bridgehead atoms. The van der Waals surface area contributed by atoms with E-state index in [1.165, 1.54) is 16.9 Å². The number of carbonyl (C=O) groups is 1. The van der Waals surface area contributed by atoms with Crippen LogP contribution >= 0.6 is 11.3 Å². The molecule has 0 spiro atoms. The number of rotatable bonds is 3. The standard InChI is InChI=1S/C16H19NO2S/c1-10-5-6-14-12(8-10)9-15(20-14)16(18)17-11(2)13-4-3-7-19-13/h3-4,7,9-11H,5-6,8H2,1-2H3,(H,17,18)/t10-,11+/m1/s1. The van der Waals surface area contributed by atoms with E-state index in [9.17, 15) is 4.79 Å². The van der Waals surface area contributed by atoms with E-state index in [1.807, 2.05) is 19.1 Å². The molecule has 0 aliphatic heterocycles. The van der Waals surface area contributed by atoms with Crippen LogP contribution in [0.4, 0.5) is 0 Å². The van der Waals surface area contributed by atoms with Crippen molar-refractivity contribution < 1.29 is 9.21 Å². The lowest BCUT2D eigenvalue weighted by atomic mass is 9.90. The van der Waals surface area contributed by atoms with Gasteiger partial charge in [0, 0.05) is 4.88 Å². The molecule has 1 aliphatic rings. The van der Waals surface area contributed by atoms with Crippen LogP contribution in [-0.4, -0.2) is 5.91 Å². The molecule has 0 radical (unpaired) electrons. The first-order valence-electron chi connectivity index (χ1n) is 7.09. The molecule has 0 saturated heterocycles. The van der Waals surface area contributed by atoms with E-state index in [0.717, 1.165) is 29.4 Å². The van der Waals surface area contributed by atoms with Gasteiger partial charge in [0.2, 0.25) is 0 Å². The molecule has 3 rings (SSSR count). The smallest absolute Gasteiger partial charge is 0.261 e. The number of carbonyl (C=O) groups excluding carboxylic acids is 1. The molecule has 0 unspecified atom stereocenters. The van der Waals surface area contributed by atoms with E-state index >= 15 is 0 Å². The zero-order chi connectivity index (χ0) is 14.1. The maximum atomic E-state index is 12.3. The highest BCUT2D eigenvalue weighted by Gasteiger charge is 2.21. The van der Waals surface area contributed by atoms with Crippen molar-refractivity contribution in [2.45, 2.75) is 39.2 Å². The number of thiophene rings is 1. The van der Waals surface area contributed by atoms with E-state index < -0.39 is 0 Å². The van der Waals surface area contributed by atoms with E-state index in [0.29, 0.717) is 0 Å². The van der Waals surface area contributed by atoms with Crippen LogP contribution in [0, 0.1) is 5.92 Å². The molecule has 2 aromatic heterocycles. The minimum atomic E-state index is -0.101. The van der Waals surface area contributed by atoms with Crippen molar-refractivity contribution in [2.75, 3.05) is 0 Å². The van der Waals surface area contributed by atoms with Gasteiger partial charge in [-0.05, 0) is 55.9 Å². The quantitative estimate of drug-likeness (QED) is 0.929. The zero-order valence-electron chi connectivity index (χ0n) is 11.8. The van der Waals surface area contributed by atoms with Gasteiger partial charge in [0.1, 0.15) is 5.76 Å². The lowest BCUT2D eigenvalue weighted by molar-refractivity contribution is 0.0939. The molecule has 0 fully saturated rings. The number of amides is 1. The first-order chi connectivity index (χ1) is 9.63. The van der Waals surface area contributed by atoms with Crippen molar-refractivity contribution in [2.24, 2.45) is 5.92 Å². The van der Waals surface area contributed by atoms with Gasteiger partial charge in [-0.15, -0.1) is 11.3 Å². The van der Waals surface area contributed by atoms with Crippen LogP contribution in [0.25, 0.3) is 0 Å². The van der Waals surface area contributed by atoms with Crippen LogP contribution < -0.4 is 5.32 Å². The van der Waals surface area contributed by atoms with Gasteiger partial charge in [0.05, 0.1) is 17.2 Å². The van der Waals surface area contributed by atoms with Gasteiger partial charge < -0.3 is 9.73 Å². The molecule has 0 aromatic carbocycles. The van der Waals surface area contributed by atoms with Gasteiger partial charge in [0.25, 0.3) is 5.91 Å². The summed E-state index contributed by atoms with van der Waals surface area (Å²) in [5.41, 5.74) is 1.37. The Balaban J connectivity index is 1.72. The first-order valence-corrected chi connectivity index (χ1v) is 7.91. The fraction of sp³-hybridized carbons (Fsp3) is 0.438. The highest BCUT2D eigenvalue weighted by molar-refractivity contribution is 7.14. The van der Waals surface area contributed by atoms with E-state index in [4.69, 9.17) is 4.42 Å². The van der Waals surface area contributed by atoms with Gasteiger partial charge in [-0.2, -0.15) is 0 Å². The Morgan fingerprint density at radius 1 is 1.55 bits per heavy atom. The highest BCUT2D eigenvalue weighted by atomic mass is 32.1. The summed E-state index contributed by atoms with van der Waals surface area (Å²) in [4.78, 5) is 14.5. The number of hydrogen-bond acceptors (Lipinski definition) is 3. The number of nitrogens with one attached hydrogen (secondary N) is 1. The summed E-state index contributed by atoms with van der Waals surface area (Å²) in [5.74, 6) is 1.52. The summed E-state index contributed by atoms with van der Waals surface area (Å²) in [6.45, 7) is 4.21. The molecule has 4 heteroatoms. The number of aryl methyl sites for hydroxylation is 1. The minimum absolute atomic E-state index is 0.000882. The number of hydrogen-bond donors (Lipinski definition) is 1. The minimum Gasteiger partial charge on any atom is -0.467 e. The van der Waals surface area contributed by atoms with Crippen molar-refractivity contribution >= 4 is 17.2 Å². The summed E-state index contributed by atoms with van der Waals surface area (Å²) in [6.07, 6.45) is 5.08. The third-order valence-corrected chi connectivity index (χ3v) is 5.11. The van der Waals surface area contributed by atoms with Crippen molar-refractivity contribution in [3.63, 3.8) is 0 Å². The van der Waals surface area contributed by atoms with Crippen molar-refractivity contribution in [3.05, 3.63) is 45.5 Å². The maximum Gasteiger partial charge on any atom is 0.261 e. The summed E-state index contributed by atoms with van der Waals surface area (Å²) < 4.78 is 5.32. The highest BCUT2D eigenvalue weighted by Crippen LogP contribution is 2.32. The third kappa shape index (κ3) is 2.66. The van der Waals surface area contributed by atoms with E-state index in [1.54, 1.807) is 17.6 Å². The Kier molecular flexibility index (Phi) is 3.66. The van der Waals surface area contributed by atoms with Crippen molar-refractivity contribution in [1.29, 1.82) is 0 Å². The molecule has 0 saturated carbocycles. The molecule has 1 aliphatic carbocycles. The molecule has 3 nitrogen and oxygen atoms in total. The predicted molar refractivity (Wildman–Crippen MR) is 80.1 cm³/mol. The Labute approximate surface area is 123 Å². The molecule has 1 N–H and O–H groups in total. The summed E-state index contributed by atoms with van der Waals surface area (Å²) in [7, 11) is 0. The van der Waals surface area contributed by atoms with Gasteiger partial charge in [-0.25, -0.2) is 0 Å². The van der Waals surface area contributed by atoms with Gasteiger partial charge in [-0.1, -0.05) is 6.92 Å². The average molecular weight is 289 g/mol. The van der Waals surface area contributed by atoms with Crippen LogP contribution in [0.2, 0.25) is 0 Å². The second-order valence-corrected chi connectivity index (χ2v) is 6.75. The Morgan fingerprint density at radius 3 is 3.15 bits per heavy atom. The predicted octanol–water partition coefficient (Wildman–Crippen LogP) is 3.96. The fourth-order valence-corrected chi connectivity index (χ4v) is 3.81. The van der Waals surface area contributed by atoms with Crippen LogP contribution in [0.1, 0.15) is 52.2 Å². The maximum absolute atomic E-state index is 12.3. The van der Waals surface area contributed by atoms with Gasteiger partial charge >= 0.3 is 0 Å². The number of fused-ring (bicyclic) bond motifs is 1. The monoisotopic (exact) mass is 289 g/mol. The molecule has 20 heavy (non-hydrogen) atoms. The molecule has 106 valence electrons. The molecular weight excluding hydrogens is 270 g/mol. The normalized spacial score (nSPS) is 19.4. The summed E-state index contributed by atoms with van der Waals surface area (Å²) >= 11 is 1.64. The second kappa shape index (κ2) is 5.44. The van der Waals surface area contributed by atoms with Crippen LogP contribution in [-0.2, 0) is 12.8 Å². The van der Waals surface area contributed by atoms with E-state index in [-0.39, 0.29) is 11.9 Å². The Morgan fingerprint density at radius 2 is 2.40 bits per heavy atom. The second-order valence-electron chi connectivity index (χ2n) is 5.62. The third-order valence-electron chi connectivity index (χ3n) is 3.87. The largest absolute Gasteiger partial charge is 0.467 e. The zero-order valence-corrected chi connectivity index (χ0v) is 12.6. The van der Waals surface area contributed by atoms with E-state index in [2.05, 4.69) is 18.3 Å². The lowest BCUT2D eigenvalue weighted by Crippen LogP contribution is -2.25. The van der Waals surface area contributed by atoms with Crippen molar-refractivity contribution in [3.8, 4) is 0 Å². The number of furan rings is 1. The van der Waals surface area contributed by atoms with Crippen molar-refractivity contribution in [1.82, 2.24) is 5.32 Å². The molecule has 1 amide bonds. The van der Waals surface area contributed by atoms with Gasteiger partial charge in [-0.3, -0.25) is 4.79 Å². The molecule has 2 heterocycles. The van der Waals surface area contributed by atoms with Crippen LogP contribution in [0.3, 0.4) is 0 Å². The Hall–Kier alpha value is -1.55. The summed E-state index contributed by atoms with van der Waals surface area (Å²) in [5, 5.41) is 3.00. The average Bonchev–Trinajstić information content (AvgIpc) is 3.07.